The molecule has 0 bridgehead atoms. The predicted molar refractivity (Wildman–Crippen MR) is 72.7 cm³/mol. The van der Waals surface area contributed by atoms with Crippen LogP contribution in [0.3, 0.4) is 0 Å². The highest BCUT2D eigenvalue weighted by Gasteiger charge is 2.55. The maximum Gasteiger partial charge on any atom is 0.236 e. The van der Waals surface area contributed by atoms with Crippen molar-refractivity contribution >= 4 is 11.7 Å². The van der Waals surface area contributed by atoms with Crippen molar-refractivity contribution in [1.82, 2.24) is 4.90 Å². The first-order valence-electron chi connectivity index (χ1n) is 6.43. The van der Waals surface area contributed by atoms with Gasteiger partial charge in [-0.3, -0.25) is 4.79 Å². The maximum atomic E-state index is 13.8. The lowest BCUT2D eigenvalue weighted by atomic mass is 10.0. The van der Waals surface area contributed by atoms with Gasteiger partial charge in [-0.1, -0.05) is 23.4 Å². The third-order valence-corrected chi connectivity index (χ3v) is 4.01. The van der Waals surface area contributed by atoms with E-state index in [2.05, 4.69) is 5.16 Å². The second-order valence-corrected chi connectivity index (χ2v) is 5.18. The molecular weight excluding hydrogens is 261 g/mol. The fraction of sp³-hybridized carbons (Fsp3) is 0.429. The Balaban J connectivity index is 2.22. The summed E-state index contributed by atoms with van der Waals surface area (Å²) < 4.78 is 13.8. The fourth-order valence-electron chi connectivity index (χ4n) is 2.34. The topological polar surface area (TPSA) is 78.9 Å². The van der Waals surface area contributed by atoms with E-state index in [1.54, 1.807) is 32.2 Å². The van der Waals surface area contributed by atoms with Gasteiger partial charge in [0.1, 0.15) is 11.2 Å². The van der Waals surface area contributed by atoms with Crippen LogP contribution in [0, 0.1) is 11.2 Å². The minimum absolute atomic E-state index is 0.0740. The number of rotatable bonds is 4. The van der Waals surface area contributed by atoms with Crippen LogP contribution in [0.5, 0.6) is 0 Å². The molecule has 1 aliphatic rings. The lowest BCUT2D eigenvalue weighted by Crippen LogP contribution is -2.42. The maximum absolute atomic E-state index is 13.8. The molecule has 5 nitrogen and oxygen atoms in total. The Morgan fingerprint density at radius 2 is 2.10 bits per heavy atom. The van der Waals surface area contributed by atoms with Gasteiger partial charge in [-0.25, -0.2) is 4.39 Å². The van der Waals surface area contributed by atoms with Gasteiger partial charge in [-0.2, -0.15) is 0 Å². The number of amides is 1. The fourth-order valence-corrected chi connectivity index (χ4v) is 2.34. The SMILES string of the molecule is CC(c1ccccc1F)N(C)C(=O)C1(/C(N)=N/O)CC1. The van der Waals surface area contributed by atoms with Crippen LogP contribution in [0.15, 0.2) is 29.4 Å². The minimum atomic E-state index is -0.914. The van der Waals surface area contributed by atoms with Crippen LogP contribution in [0.2, 0.25) is 0 Å². The highest BCUT2D eigenvalue weighted by molar-refractivity contribution is 6.09. The van der Waals surface area contributed by atoms with Gasteiger partial charge >= 0.3 is 0 Å². The molecule has 6 heteroatoms. The summed E-state index contributed by atoms with van der Waals surface area (Å²) in [6.07, 6.45) is 1.10. The van der Waals surface area contributed by atoms with E-state index in [-0.39, 0.29) is 17.6 Å². The van der Waals surface area contributed by atoms with Crippen LogP contribution >= 0.6 is 0 Å². The summed E-state index contributed by atoms with van der Waals surface area (Å²) in [6.45, 7) is 1.75. The first-order chi connectivity index (χ1) is 9.44. The Hall–Kier alpha value is -2.11. The quantitative estimate of drug-likeness (QED) is 0.382. The molecule has 0 saturated heterocycles. The smallest absolute Gasteiger partial charge is 0.236 e. The highest BCUT2D eigenvalue weighted by atomic mass is 19.1. The number of hydrogen-bond acceptors (Lipinski definition) is 3. The lowest BCUT2D eigenvalue weighted by Gasteiger charge is -2.29. The molecular formula is C14H18FN3O2. The number of benzene rings is 1. The first-order valence-corrected chi connectivity index (χ1v) is 6.43. The van der Waals surface area contributed by atoms with Crippen molar-refractivity contribution in [3.05, 3.63) is 35.6 Å². The second-order valence-electron chi connectivity index (χ2n) is 5.18. The Morgan fingerprint density at radius 1 is 1.50 bits per heavy atom. The van der Waals surface area contributed by atoms with Gasteiger partial charge in [0.05, 0.1) is 6.04 Å². The van der Waals surface area contributed by atoms with Gasteiger partial charge in [-0.15, -0.1) is 0 Å². The molecule has 0 aromatic heterocycles. The molecule has 0 radical (unpaired) electrons. The van der Waals surface area contributed by atoms with Crippen molar-refractivity contribution in [3.63, 3.8) is 0 Å². The standard InChI is InChI=1S/C14H18FN3O2/c1-9(10-5-3-4-6-11(10)15)18(2)13(19)14(7-8-14)12(16)17-20/h3-6,9,20H,7-8H2,1-2H3,(H2,16,17). The van der Waals surface area contributed by atoms with E-state index in [1.165, 1.54) is 11.0 Å². The molecule has 1 saturated carbocycles. The van der Waals surface area contributed by atoms with E-state index in [4.69, 9.17) is 10.9 Å². The Morgan fingerprint density at radius 3 is 2.60 bits per heavy atom. The number of carbonyl (C=O) groups is 1. The van der Waals surface area contributed by atoms with Crippen LogP contribution in [-0.2, 0) is 4.79 Å². The average Bonchev–Trinajstić information content (AvgIpc) is 3.26. The monoisotopic (exact) mass is 279 g/mol. The first kappa shape index (κ1) is 14.3. The molecule has 1 unspecified atom stereocenters. The summed E-state index contributed by atoms with van der Waals surface area (Å²) in [4.78, 5) is 13.9. The van der Waals surface area contributed by atoms with Crippen LogP contribution in [0.1, 0.15) is 31.4 Å². The second kappa shape index (κ2) is 5.11. The number of carbonyl (C=O) groups excluding carboxylic acids is 1. The van der Waals surface area contributed by atoms with E-state index in [9.17, 15) is 9.18 Å². The molecule has 0 spiro atoms. The molecule has 1 amide bonds. The van der Waals surface area contributed by atoms with Crippen molar-refractivity contribution in [1.29, 1.82) is 0 Å². The number of halogens is 1. The van der Waals surface area contributed by atoms with Crippen molar-refractivity contribution in [2.75, 3.05) is 7.05 Å². The van der Waals surface area contributed by atoms with Gasteiger partial charge in [0, 0.05) is 12.6 Å². The zero-order valence-electron chi connectivity index (χ0n) is 11.5. The summed E-state index contributed by atoms with van der Waals surface area (Å²) in [5.74, 6) is -0.674. The number of oxime groups is 1. The van der Waals surface area contributed by atoms with Crippen LogP contribution in [-0.4, -0.2) is 28.9 Å². The molecule has 0 aliphatic heterocycles. The summed E-state index contributed by atoms with van der Waals surface area (Å²) >= 11 is 0. The predicted octanol–water partition coefficient (Wildman–Crippen LogP) is 1.87. The third-order valence-electron chi connectivity index (χ3n) is 4.01. The molecule has 1 fully saturated rings. The average molecular weight is 279 g/mol. The van der Waals surface area contributed by atoms with Crippen LogP contribution in [0.25, 0.3) is 0 Å². The third kappa shape index (κ3) is 2.21. The van der Waals surface area contributed by atoms with Gasteiger partial charge in [0.25, 0.3) is 0 Å². The summed E-state index contributed by atoms with van der Waals surface area (Å²) in [5, 5.41) is 11.7. The molecule has 1 aliphatic carbocycles. The Bertz CT molecular complexity index is 555. The number of amidine groups is 1. The molecule has 1 atom stereocenters. The van der Waals surface area contributed by atoms with Crippen molar-refractivity contribution in [3.8, 4) is 0 Å². The molecule has 3 N–H and O–H groups in total. The number of nitrogens with zero attached hydrogens (tertiary/aromatic N) is 2. The van der Waals surface area contributed by atoms with Gasteiger partial charge < -0.3 is 15.8 Å². The largest absolute Gasteiger partial charge is 0.409 e. The van der Waals surface area contributed by atoms with Crippen molar-refractivity contribution < 1.29 is 14.4 Å². The Kier molecular flexibility index (Phi) is 3.65. The number of hydrogen-bond donors (Lipinski definition) is 2. The van der Waals surface area contributed by atoms with E-state index < -0.39 is 11.5 Å². The van der Waals surface area contributed by atoms with Gasteiger partial charge in [-0.05, 0) is 25.8 Å². The minimum Gasteiger partial charge on any atom is -0.409 e. The van der Waals surface area contributed by atoms with Gasteiger partial charge in [0.15, 0.2) is 5.84 Å². The lowest BCUT2D eigenvalue weighted by molar-refractivity contribution is -0.135. The number of nitrogens with two attached hydrogens (primary N) is 1. The summed E-state index contributed by atoms with van der Waals surface area (Å²) in [5.41, 5.74) is 5.13. The molecule has 0 heterocycles. The molecule has 2 rings (SSSR count). The van der Waals surface area contributed by atoms with E-state index >= 15 is 0 Å². The zero-order valence-corrected chi connectivity index (χ0v) is 11.5. The molecule has 1 aromatic rings. The molecule has 1 aromatic carbocycles. The van der Waals surface area contributed by atoms with E-state index in [0.717, 1.165) is 0 Å². The Labute approximate surface area is 116 Å². The van der Waals surface area contributed by atoms with E-state index in [0.29, 0.717) is 18.4 Å². The van der Waals surface area contributed by atoms with Crippen molar-refractivity contribution in [2.24, 2.45) is 16.3 Å². The molecule has 108 valence electrons. The van der Waals surface area contributed by atoms with Crippen LogP contribution in [0.4, 0.5) is 4.39 Å². The van der Waals surface area contributed by atoms with Crippen molar-refractivity contribution in [2.45, 2.75) is 25.8 Å². The zero-order chi connectivity index (χ0) is 14.9. The normalized spacial score (nSPS) is 18.4. The summed E-state index contributed by atoms with van der Waals surface area (Å²) in [6, 6.07) is 5.91. The van der Waals surface area contributed by atoms with Gasteiger partial charge in [0.2, 0.25) is 5.91 Å². The molecule has 20 heavy (non-hydrogen) atoms. The highest BCUT2D eigenvalue weighted by Crippen LogP contribution is 2.48. The summed E-state index contributed by atoms with van der Waals surface area (Å²) in [7, 11) is 1.60. The van der Waals surface area contributed by atoms with E-state index in [1.807, 2.05) is 0 Å². The van der Waals surface area contributed by atoms with Crippen LogP contribution < -0.4 is 5.73 Å².